The minimum absolute atomic E-state index is 0.157. The number of nitrogens with zero attached hydrogens (tertiary/aromatic N) is 7. The van der Waals surface area contributed by atoms with Crippen molar-refractivity contribution in [2.75, 3.05) is 56.2 Å². The monoisotopic (exact) mass is 655 g/mol. The van der Waals surface area contributed by atoms with Crippen LogP contribution in [0.15, 0.2) is 49.1 Å². The van der Waals surface area contributed by atoms with Crippen LogP contribution in [0, 0.1) is 18.3 Å². The Kier molecular flexibility index (Phi) is 8.29. The minimum Gasteiger partial charge on any atom is -0.462 e. The molecule has 0 N–H and O–H groups in total. The van der Waals surface area contributed by atoms with Gasteiger partial charge in [-0.2, -0.15) is 15.2 Å². The Morgan fingerprint density at radius 2 is 2.00 bits per heavy atom. The van der Waals surface area contributed by atoms with Gasteiger partial charge in [-0.3, -0.25) is 9.69 Å². The van der Waals surface area contributed by atoms with Gasteiger partial charge in [0.15, 0.2) is 0 Å². The van der Waals surface area contributed by atoms with Gasteiger partial charge in [0, 0.05) is 49.4 Å². The third-order valence-corrected chi connectivity index (χ3v) is 12.1. The van der Waals surface area contributed by atoms with Crippen LogP contribution in [0.5, 0.6) is 6.01 Å². The maximum Gasteiger partial charge on any atom is 0.318 e. The van der Waals surface area contributed by atoms with E-state index < -0.39 is 5.67 Å². The summed E-state index contributed by atoms with van der Waals surface area (Å²) in [6.07, 6.45) is 3.60. The standard InChI is InChI=1S/C36H42FN7O2S/c1-5-31(45)44-19-18-43(20-26(44)12-16-38)33-27-13-17-42(29-11-7-10-25-9-6-8-24(2)32(25)29)21-28(27)39-34(40-33)46-22-30-35(3,47-30)41(4)23-36(37)14-15-36/h5-11,26,30H,1,12-15,17-23H2,2-4H3/t26-,30?,35-/m0/s1. The third-order valence-electron chi connectivity index (χ3n) is 10.4. The number of anilines is 2. The van der Waals surface area contributed by atoms with Crippen molar-refractivity contribution in [2.24, 2.45) is 0 Å². The Labute approximate surface area is 280 Å². The van der Waals surface area contributed by atoms with Gasteiger partial charge in [0.1, 0.15) is 18.1 Å². The van der Waals surface area contributed by atoms with E-state index in [-0.39, 0.29) is 28.5 Å². The van der Waals surface area contributed by atoms with Crippen molar-refractivity contribution in [3.05, 3.63) is 65.9 Å². The Balaban J connectivity index is 1.17. The highest BCUT2D eigenvalue weighted by Gasteiger charge is 2.58. The van der Waals surface area contributed by atoms with Crippen LogP contribution in [0.4, 0.5) is 15.9 Å². The topological polar surface area (TPSA) is 88.8 Å². The summed E-state index contributed by atoms with van der Waals surface area (Å²) < 4.78 is 20.9. The summed E-state index contributed by atoms with van der Waals surface area (Å²) in [6.45, 7) is 11.8. The summed E-state index contributed by atoms with van der Waals surface area (Å²) in [5, 5.41) is 12.2. The molecular weight excluding hydrogens is 614 g/mol. The number of amides is 1. The fourth-order valence-electron chi connectivity index (χ4n) is 7.23. The molecule has 0 radical (unpaired) electrons. The van der Waals surface area contributed by atoms with Crippen LogP contribution < -0.4 is 14.5 Å². The van der Waals surface area contributed by atoms with Crippen LogP contribution in [-0.2, 0) is 17.8 Å². The molecule has 1 amide bonds. The van der Waals surface area contributed by atoms with E-state index in [9.17, 15) is 14.4 Å². The zero-order chi connectivity index (χ0) is 32.9. The lowest BCUT2D eigenvalue weighted by atomic mass is 9.99. The highest BCUT2D eigenvalue weighted by Crippen LogP contribution is 2.56. The number of hydrogen-bond acceptors (Lipinski definition) is 9. The lowest BCUT2D eigenvalue weighted by Gasteiger charge is -2.42. The van der Waals surface area contributed by atoms with Crippen molar-refractivity contribution in [1.82, 2.24) is 19.8 Å². The third kappa shape index (κ3) is 6.14. The lowest BCUT2D eigenvalue weighted by molar-refractivity contribution is -0.128. The predicted octanol–water partition coefficient (Wildman–Crippen LogP) is 5.26. The minimum atomic E-state index is -1.04. The molecule has 246 valence electrons. The smallest absolute Gasteiger partial charge is 0.318 e. The van der Waals surface area contributed by atoms with E-state index >= 15 is 0 Å². The van der Waals surface area contributed by atoms with Gasteiger partial charge in [0.05, 0.1) is 40.9 Å². The van der Waals surface area contributed by atoms with Crippen LogP contribution in [0.1, 0.15) is 43.0 Å². The van der Waals surface area contributed by atoms with Gasteiger partial charge >= 0.3 is 6.01 Å². The first-order valence-electron chi connectivity index (χ1n) is 16.5. The molecule has 11 heteroatoms. The van der Waals surface area contributed by atoms with Crippen molar-refractivity contribution in [3.63, 3.8) is 0 Å². The normalized spacial score (nSPS) is 24.6. The zero-order valence-corrected chi connectivity index (χ0v) is 28.2. The van der Waals surface area contributed by atoms with Gasteiger partial charge in [-0.05, 0) is 63.2 Å². The van der Waals surface area contributed by atoms with Crippen LogP contribution >= 0.6 is 11.8 Å². The van der Waals surface area contributed by atoms with E-state index in [0.717, 1.165) is 30.0 Å². The van der Waals surface area contributed by atoms with Gasteiger partial charge < -0.3 is 19.4 Å². The molecule has 0 spiro atoms. The SMILES string of the molecule is C=CC(=O)N1CCN(c2nc(OCC3S[C@]3(C)N(C)CC3(F)CC3)nc3c2CCN(c2cccc4cccc(C)c24)C3)C[C@@H]1CC#N. The number of carbonyl (C=O) groups is 1. The van der Waals surface area contributed by atoms with Gasteiger partial charge in [-0.1, -0.05) is 36.9 Å². The molecule has 2 aromatic carbocycles. The number of benzene rings is 2. The second-order valence-electron chi connectivity index (χ2n) is 13.6. The largest absolute Gasteiger partial charge is 0.462 e. The van der Waals surface area contributed by atoms with Crippen molar-refractivity contribution in [3.8, 4) is 12.1 Å². The van der Waals surface area contributed by atoms with Crippen molar-refractivity contribution >= 4 is 39.9 Å². The average molecular weight is 656 g/mol. The number of rotatable bonds is 10. The Hall–Kier alpha value is -3.88. The number of alkyl halides is 1. The molecule has 3 aliphatic heterocycles. The molecule has 3 aromatic rings. The summed E-state index contributed by atoms with van der Waals surface area (Å²) in [6, 6.07) is 15.2. The fourth-order valence-corrected chi connectivity index (χ4v) is 8.37. The first-order valence-corrected chi connectivity index (χ1v) is 17.4. The summed E-state index contributed by atoms with van der Waals surface area (Å²) in [4.78, 5) is 30.9. The Morgan fingerprint density at radius 3 is 2.74 bits per heavy atom. The maximum absolute atomic E-state index is 14.5. The van der Waals surface area contributed by atoms with Gasteiger partial charge in [0.25, 0.3) is 0 Å². The van der Waals surface area contributed by atoms with Gasteiger partial charge in [-0.25, -0.2) is 4.39 Å². The molecular formula is C36H42FN7O2S. The maximum atomic E-state index is 14.5. The number of nitriles is 1. The highest BCUT2D eigenvalue weighted by atomic mass is 32.2. The molecule has 1 aromatic heterocycles. The summed E-state index contributed by atoms with van der Waals surface area (Å²) in [7, 11) is 2.00. The molecule has 4 heterocycles. The van der Waals surface area contributed by atoms with Gasteiger partial charge in [-0.15, -0.1) is 11.8 Å². The van der Waals surface area contributed by atoms with Crippen LogP contribution in [0.25, 0.3) is 10.8 Å². The number of thioether (sulfide) groups is 1. The van der Waals surface area contributed by atoms with E-state index in [1.165, 1.54) is 28.1 Å². The van der Waals surface area contributed by atoms with E-state index in [1.807, 2.05) is 7.05 Å². The van der Waals surface area contributed by atoms with Crippen LogP contribution in [0.2, 0.25) is 0 Å². The van der Waals surface area contributed by atoms with Crippen molar-refractivity contribution < 1.29 is 13.9 Å². The van der Waals surface area contributed by atoms with Crippen molar-refractivity contribution in [2.45, 2.75) is 67.9 Å². The first kappa shape index (κ1) is 31.7. The highest BCUT2D eigenvalue weighted by molar-refractivity contribution is 8.08. The quantitative estimate of drug-likeness (QED) is 0.214. The molecule has 7 rings (SSSR count). The average Bonchev–Trinajstić information content (AvgIpc) is 3.98. The lowest BCUT2D eigenvalue weighted by Crippen LogP contribution is -2.55. The number of ether oxygens (including phenoxy) is 1. The molecule has 2 saturated heterocycles. The molecule has 1 aliphatic carbocycles. The van der Waals surface area contributed by atoms with Crippen LogP contribution in [0.3, 0.4) is 0 Å². The molecule has 1 unspecified atom stereocenters. The second-order valence-corrected chi connectivity index (χ2v) is 15.2. The zero-order valence-electron chi connectivity index (χ0n) is 27.4. The molecule has 0 bridgehead atoms. The number of aromatic nitrogens is 2. The number of hydrogen-bond donors (Lipinski definition) is 0. The number of aryl methyl sites for hydroxylation is 1. The number of piperazine rings is 1. The molecule has 47 heavy (non-hydrogen) atoms. The van der Waals surface area contributed by atoms with E-state index in [2.05, 4.69) is 77.6 Å². The summed E-state index contributed by atoms with van der Waals surface area (Å²) in [5.41, 5.74) is 3.41. The van der Waals surface area contributed by atoms with E-state index in [0.29, 0.717) is 58.2 Å². The summed E-state index contributed by atoms with van der Waals surface area (Å²) in [5.74, 6) is 0.666. The summed E-state index contributed by atoms with van der Waals surface area (Å²) >= 11 is 1.79. The second kappa shape index (κ2) is 12.3. The Morgan fingerprint density at radius 1 is 1.21 bits per heavy atom. The number of fused-ring (bicyclic) bond motifs is 2. The van der Waals surface area contributed by atoms with Gasteiger partial charge in [0.2, 0.25) is 5.91 Å². The molecule has 3 atom stereocenters. The van der Waals surface area contributed by atoms with E-state index in [1.54, 1.807) is 16.7 Å². The molecule has 3 fully saturated rings. The molecule has 9 nitrogen and oxygen atoms in total. The molecule has 1 saturated carbocycles. The fraction of sp³-hybridized carbons (Fsp3) is 0.500. The Bertz CT molecular complexity index is 1750. The van der Waals surface area contributed by atoms with Crippen LogP contribution in [-0.4, -0.2) is 93.9 Å². The number of carbonyl (C=O) groups excluding carboxylic acids is 1. The van der Waals surface area contributed by atoms with Crippen molar-refractivity contribution in [1.29, 1.82) is 5.26 Å². The number of halogens is 1. The predicted molar refractivity (Wildman–Crippen MR) is 185 cm³/mol. The van der Waals surface area contributed by atoms with E-state index in [4.69, 9.17) is 14.7 Å². The first-order chi connectivity index (χ1) is 22.6. The molecule has 4 aliphatic rings.